The maximum atomic E-state index is 10.2. The van der Waals surface area contributed by atoms with E-state index in [0.29, 0.717) is 33.3 Å². The Morgan fingerprint density at radius 3 is 2.68 bits per heavy atom. The number of fused-ring (bicyclic) bond motifs is 1. The molecule has 1 aromatic heterocycles. The number of rotatable bonds is 2. The van der Waals surface area contributed by atoms with Crippen molar-refractivity contribution in [3.63, 3.8) is 0 Å². The number of hydrogen-bond acceptors (Lipinski definition) is 4. The summed E-state index contributed by atoms with van der Waals surface area (Å²) >= 11 is 6.34. The minimum Gasteiger partial charge on any atom is -0.439 e. The molecule has 1 saturated carbocycles. The molecule has 1 heterocycles. The molecule has 1 aliphatic rings. The van der Waals surface area contributed by atoms with Crippen molar-refractivity contribution >= 4 is 28.4 Å². The average molecular weight is 281 g/mol. The van der Waals surface area contributed by atoms with Gasteiger partial charge < -0.3 is 15.3 Å². The van der Waals surface area contributed by atoms with Gasteiger partial charge in [-0.1, -0.05) is 18.0 Å². The summed E-state index contributed by atoms with van der Waals surface area (Å²) in [6.45, 7) is 3.30. The molecular formula is C14H17ClN2O2. The van der Waals surface area contributed by atoms with Crippen LogP contribution in [0.5, 0.6) is 0 Å². The second-order valence-electron chi connectivity index (χ2n) is 5.74. The highest BCUT2D eigenvalue weighted by atomic mass is 35.5. The van der Waals surface area contributed by atoms with Crippen LogP contribution in [0.3, 0.4) is 0 Å². The lowest BCUT2D eigenvalue weighted by atomic mass is 9.85. The van der Waals surface area contributed by atoms with Crippen LogP contribution in [0, 0.1) is 0 Å². The number of aliphatic hydroxyl groups is 1. The molecule has 0 radical (unpaired) electrons. The zero-order valence-electron chi connectivity index (χ0n) is 11.0. The van der Waals surface area contributed by atoms with E-state index in [4.69, 9.17) is 21.8 Å². The Hall–Kier alpha value is -1.26. The molecule has 1 fully saturated rings. The number of nitrogens with two attached hydrogens (primary N) is 1. The molecule has 4 nitrogen and oxygen atoms in total. The van der Waals surface area contributed by atoms with Crippen molar-refractivity contribution < 1.29 is 9.52 Å². The van der Waals surface area contributed by atoms with Crippen molar-refractivity contribution in [2.45, 2.75) is 44.6 Å². The largest absolute Gasteiger partial charge is 0.439 e. The van der Waals surface area contributed by atoms with E-state index in [-0.39, 0.29) is 0 Å². The molecule has 3 N–H and O–H groups in total. The molecule has 3 rings (SSSR count). The van der Waals surface area contributed by atoms with Crippen LogP contribution in [-0.2, 0) is 5.60 Å². The molecule has 1 aromatic carbocycles. The van der Waals surface area contributed by atoms with E-state index in [2.05, 4.69) is 4.98 Å². The zero-order valence-corrected chi connectivity index (χ0v) is 11.8. The summed E-state index contributed by atoms with van der Waals surface area (Å²) in [5.41, 5.74) is 7.00. The van der Waals surface area contributed by atoms with Crippen molar-refractivity contribution in [3.05, 3.63) is 22.5 Å². The van der Waals surface area contributed by atoms with Crippen LogP contribution in [0.4, 0.5) is 5.69 Å². The van der Waals surface area contributed by atoms with Crippen LogP contribution in [0.1, 0.15) is 50.5 Å². The normalized spacial score (nSPS) is 16.8. The number of benzene rings is 1. The summed E-state index contributed by atoms with van der Waals surface area (Å²) in [7, 11) is 0. The van der Waals surface area contributed by atoms with Gasteiger partial charge in [-0.3, -0.25) is 0 Å². The van der Waals surface area contributed by atoms with E-state index < -0.39 is 5.60 Å². The molecule has 2 aromatic rings. The first-order valence-corrected chi connectivity index (χ1v) is 6.87. The van der Waals surface area contributed by atoms with Crippen LogP contribution in [0.2, 0.25) is 5.02 Å². The molecule has 1 aliphatic carbocycles. The fourth-order valence-corrected chi connectivity index (χ4v) is 2.99. The van der Waals surface area contributed by atoms with Gasteiger partial charge in [-0.2, -0.15) is 0 Å². The molecular weight excluding hydrogens is 264 g/mol. The van der Waals surface area contributed by atoms with E-state index >= 15 is 0 Å². The van der Waals surface area contributed by atoms with Gasteiger partial charge in [0.05, 0.1) is 10.6 Å². The summed E-state index contributed by atoms with van der Waals surface area (Å²) in [6, 6.07) is 1.72. The molecule has 0 bridgehead atoms. The maximum Gasteiger partial charge on any atom is 0.198 e. The van der Waals surface area contributed by atoms with Gasteiger partial charge in [0.15, 0.2) is 11.5 Å². The zero-order chi connectivity index (χ0) is 13.8. The average Bonchev–Trinajstić information content (AvgIpc) is 2.56. The van der Waals surface area contributed by atoms with Crippen molar-refractivity contribution in [3.8, 4) is 0 Å². The first kappa shape index (κ1) is 12.8. The molecule has 0 unspecified atom stereocenters. The predicted molar refractivity (Wildman–Crippen MR) is 75.3 cm³/mol. The number of anilines is 1. The fraction of sp³-hybridized carbons (Fsp3) is 0.500. The Balaban J connectivity index is 2.20. The lowest BCUT2D eigenvalue weighted by molar-refractivity contribution is 0.0795. The molecule has 0 atom stereocenters. The number of halogens is 1. The Kier molecular flexibility index (Phi) is 2.76. The molecule has 19 heavy (non-hydrogen) atoms. The Labute approximate surface area is 116 Å². The fourth-order valence-electron chi connectivity index (χ4n) is 2.52. The standard InChI is InChI=1S/C14H17ClN2O2/c1-14(2,18)10-8(16)6-9-12(11(10)15)19-13(17-9)7-4-3-5-7/h6-7,18H,3-5,16H2,1-2H3. The topological polar surface area (TPSA) is 72.3 Å². The summed E-state index contributed by atoms with van der Waals surface area (Å²) in [6.07, 6.45) is 3.44. The number of oxazole rings is 1. The minimum absolute atomic E-state index is 0.362. The van der Waals surface area contributed by atoms with Crippen molar-refractivity contribution in [2.24, 2.45) is 0 Å². The highest BCUT2D eigenvalue weighted by Gasteiger charge is 2.29. The summed E-state index contributed by atoms with van der Waals surface area (Å²) in [4.78, 5) is 4.47. The maximum absolute atomic E-state index is 10.2. The minimum atomic E-state index is -1.11. The number of aromatic nitrogens is 1. The van der Waals surface area contributed by atoms with E-state index in [1.54, 1.807) is 19.9 Å². The van der Waals surface area contributed by atoms with Crippen molar-refractivity contribution in [1.82, 2.24) is 4.98 Å². The second kappa shape index (κ2) is 4.12. The van der Waals surface area contributed by atoms with Gasteiger partial charge in [-0.15, -0.1) is 0 Å². The highest BCUT2D eigenvalue weighted by molar-refractivity contribution is 6.36. The summed E-state index contributed by atoms with van der Waals surface area (Å²) < 4.78 is 5.78. The number of nitrogens with zero attached hydrogens (tertiary/aromatic N) is 1. The van der Waals surface area contributed by atoms with Gasteiger partial charge in [-0.05, 0) is 32.8 Å². The van der Waals surface area contributed by atoms with Crippen molar-refractivity contribution in [2.75, 3.05) is 5.73 Å². The number of nitrogen functional groups attached to an aromatic ring is 1. The first-order valence-electron chi connectivity index (χ1n) is 6.49. The van der Waals surface area contributed by atoms with Crippen LogP contribution < -0.4 is 5.73 Å². The first-order chi connectivity index (χ1) is 8.88. The third-order valence-electron chi connectivity index (χ3n) is 3.74. The predicted octanol–water partition coefficient (Wildman–Crippen LogP) is 3.56. The number of hydrogen-bond donors (Lipinski definition) is 2. The van der Waals surface area contributed by atoms with Crippen LogP contribution in [0.25, 0.3) is 11.1 Å². The summed E-state index contributed by atoms with van der Waals surface area (Å²) in [5.74, 6) is 1.13. The lowest BCUT2D eigenvalue weighted by Gasteiger charge is -2.21. The molecule has 102 valence electrons. The quantitative estimate of drug-likeness (QED) is 0.825. The van der Waals surface area contributed by atoms with Gasteiger partial charge in [0, 0.05) is 17.2 Å². The summed E-state index contributed by atoms with van der Waals surface area (Å²) in [5, 5.41) is 10.5. The van der Waals surface area contributed by atoms with Gasteiger partial charge in [0.2, 0.25) is 0 Å². The molecule has 0 saturated heterocycles. The SMILES string of the molecule is CC(C)(O)c1c(N)cc2nc(C3CCC3)oc2c1Cl. The van der Waals surface area contributed by atoms with Gasteiger partial charge >= 0.3 is 0 Å². The van der Waals surface area contributed by atoms with E-state index in [1.807, 2.05) is 0 Å². The van der Waals surface area contributed by atoms with E-state index in [0.717, 1.165) is 18.7 Å². The van der Waals surface area contributed by atoms with Crippen LogP contribution in [0.15, 0.2) is 10.5 Å². The Morgan fingerprint density at radius 2 is 2.16 bits per heavy atom. The van der Waals surface area contributed by atoms with E-state index in [9.17, 15) is 5.11 Å². The molecule has 0 spiro atoms. The third-order valence-corrected chi connectivity index (χ3v) is 4.10. The third kappa shape index (κ3) is 1.99. The Bertz CT molecular complexity index is 639. The lowest BCUT2D eigenvalue weighted by Crippen LogP contribution is -2.18. The van der Waals surface area contributed by atoms with E-state index in [1.165, 1.54) is 6.42 Å². The monoisotopic (exact) mass is 280 g/mol. The van der Waals surface area contributed by atoms with Gasteiger partial charge in [0.1, 0.15) is 5.52 Å². The smallest absolute Gasteiger partial charge is 0.198 e. The Morgan fingerprint density at radius 1 is 1.47 bits per heavy atom. The van der Waals surface area contributed by atoms with Gasteiger partial charge in [0.25, 0.3) is 0 Å². The highest BCUT2D eigenvalue weighted by Crippen LogP contribution is 2.42. The molecule has 0 aliphatic heterocycles. The van der Waals surface area contributed by atoms with Crippen molar-refractivity contribution in [1.29, 1.82) is 0 Å². The van der Waals surface area contributed by atoms with Gasteiger partial charge in [-0.25, -0.2) is 4.98 Å². The van der Waals surface area contributed by atoms with Crippen LogP contribution >= 0.6 is 11.6 Å². The molecule has 0 amide bonds. The molecule has 5 heteroatoms. The van der Waals surface area contributed by atoms with Crippen LogP contribution in [-0.4, -0.2) is 10.1 Å². The second-order valence-corrected chi connectivity index (χ2v) is 6.12.